The summed E-state index contributed by atoms with van der Waals surface area (Å²) in [5.41, 5.74) is 2.92. The molecule has 48 heavy (non-hydrogen) atoms. The molecular formula is C39H43BrN4O4. The first-order chi connectivity index (χ1) is 23.4. The number of aryl methyl sites for hydroxylation is 1. The summed E-state index contributed by atoms with van der Waals surface area (Å²) in [6.07, 6.45) is 5.41. The van der Waals surface area contributed by atoms with Crippen LogP contribution in [-0.2, 0) is 11.2 Å². The minimum absolute atomic E-state index is 0.0341. The van der Waals surface area contributed by atoms with Crippen molar-refractivity contribution in [3.8, 4) is 23.0 Å². The first-order valence-electron chi connectivity index (χ1n) is 16.5. The SMILES string of the molecule is COc1cc2c(NC(C)c3cccc(Br)c3)nc(C)nc2cc1OCCCCCCCNC(=O)Cc1ccc(Oc2ccccc2)cc1. The maximum Gasteiger partial charge on any atom is 0.224 e. The zero-order valence-electron chi connectivity index (χ0n) is 27.8. The van der Waals surface area contributed by atoms with Crippen LogP contribution in [0.15, 0.2) is 95.5 Å². The van der Waals surface area contributed by atoms with Gasteiger partial charge in [0.05, 0.1) is 31.7 Å². The van der Waals surface area contributed by atoms with Crippen molar-refractivity contribution in [3.63, 3.8) is 0 Å². The number of nitrogens with zero attached hydrogens (tertiary/aromatic N) is 2. The van der Waals surface area contributed by atoms with Gasteiger partial charge in [0.2, 0.25) is 5.91 Å². The minimum Gasteiger partial charge on any atom is -0.493 e. The molecule has 0 saturated carbocycles. The number of unbranched alkanes of at least 4 members (excludes halogenated alkanes) is 4. The van der Waals surface area contributed by atoms with Gasteiger partial charge in [-0.05, 0) is 80.3 Å². The van der Waals surface area contributed by atoms with Crippen LogP contribution in [0.3, 0.4) is 0 Å². The summed E-state index contributed by atoms with van der Waals surface area (Å²) < 4.78 is 18.7. The number of para-hydroxylation sites is 1. The fourth-order valence-electron chi connectivity index (χ4n) is 5.41. The van der Waals surface area contributed by atoms with Gasteiger partial charge in [-0.3, -0.25) is 4.79 Å². The Hall–Kier alpha value is -4.63. The van der Waals surface area contributed by atoms with Crippen LogP contribution in [-0.4, -0.2) is 36.1 Å². The van der Waals surface area contributed by atoms with Crippen LogP contribution in [0.4, 0.5) is 5.82 Å². The Morgan fingerprint density at radius 1 is 0.833 bits per heavy atom. The lowest BCUT2D eigenvalue weighted by atomic mass is 10.1. The molecular weight excluding hydrogens is 668 g/mol. The molecule has 1 atom stereocenters. The van der Waals surface area contributed by atoms with E-state index >= 15 is 0 Å². The number of carbonyl (C=O) groups is 1. The average Bonchev–Trinajstić information content (AvgIpc) is 3.08. The van der Waals surface area contributed by atoms with E-state index in [-0.39, 0.29) is 11.9 Å². The van der Waals surface area contributed by atoms with E-state index in [4.69, 9.17) is 19.2 Å². The molecule has 0 radical (unpaired) electrons. The molecule has 5 rings (SSSR count). The van der Waals surface area contributed by atoms with Gasteiger partial charge in [-0.2, -0.15) is 0 Å². The van der Waals surface area contributed by atoms with E-state index < -0.39 is 0 Å². The average molecular weight is 712 g/mol. The normalized spacial score (nSPS) is 11.6. The molecule has 0 spiro atoms. The number of fused-ring (bicyclic) bond motifs is 1. The molecule has 2 N–H and O–H groups in total. The van der Waals surface area contributed by atoms with Crippen LogP contribution in [0, 0.1) is 6.92 Å². The van der Waals surface area contributed by atoms with Gasteiger partial charge < -0.3 is 24.8 Å². The second-order valence-electron chi connectivity index (χ2n) is 11.8. The number of nitrogens with one attached hydrogen (secondary N) is 2. The maximum atomic E-state index is 12.4. The Morgan fingerprint density at radius 3 is 2.35 bits per heavy atom. The van der Waals surface area contributed by atoms with Crippen LogP contribution in [0.1, 0.15) is 62.0 Å². The third-order valence-electron chi connectivity index (χ3n) is 7.96. The summed E-state index contributed by atoms with van der Waals surface area (Å²) >= 11 is 3.56. The lowest BCUT2D eigenvalue weighted by molar-refractivity contribution is -0.120. The minimum atomic E-state index is 0.0341. The predicted molar refractivity (Wildman–Crippen MR) is 195 cm³/mol. The summed E-state index contributed by atoms with van der Waals surface area (Å²) in [5.74, 6) is 4.34. The maximum absolute atomic E-state index is 12.4. The van der Waals surface area contributed by atoms with Crippen molar-refractivity contribution in [3.05, 3.63) is 112 Å². The molecule has 0 fully saturated rings. The number of aromatic nitrogens is 2. The lowest BCUT2D eigenvalue weighted by Crippen LogP contribution is -2.26. The Kier molecular flexibility index (Phi) is 12.7. The highest BCUT2D eigenvalue weighted by atomic mass is 79.9. The van der Waals surface area contributed by atoms with Gasteiger partial charge in [-0.1, -0.05) is 77.7 Å². The van der Waals surface area contributed by atoms with Crippen molar-refractivity contribution in [2.24, 2.45) is 0 Å². The summed E-state index contributed by atoms with van der Waals surface area (Å²) in [5, 5.41) is 7.47. The second-order valence-corrected chi connectivity index (χ2v) is 12.7. The fourth-order valence-corrected chi connectivity index (χ4v) is 5.83. The number of hydrogen-bond donors (Lipinski definition) is 2. The number of rotatable bonds is 17. The summed E-state index contributed by atoms with van der Waals surface area (Å²) in [6.45, 7) is 5.27. The van der Waals surface area contributed by atoms with Gasteiger partial charge in [0.15, 0.2) is 11.5 Å². The Morgan fingerprint density at radius 2 is 1.58 bits per heavy atom. The van der Waals surface area contributed by atoms with E-state index in [1.807, 2.05) is 85.8 Å². The van der Waals surface area contributed by atoms with Crippen molar-refractivity contribution in [2.75, 3.05) is 25.6 Å². The molecule has 0 bridgehead atoms. The van der Waals surface area contributed by atoms with Crippen LogP contribution < -0.4 is 24.8 Å². The number of halogens is 1. The van der Waals surface area contributed by atoms with Crippen molar-refractivity contribution in [2.45, 2.75) is 58.4 Å². The van der Waals surface area contributed by atoms with Crippen molar-refractivity contribution < 1.29 is 19.0 Å². The standard InChI is InChI=1S/C39H43BrN4O4/c1-27(30-13-12-14-31(40)24-30)42-39-34-25-36(46-3)37(26-35(34)43-28(2)44-39)47-22-11-6-4-5-10-21-41-38(45)23-29-17-19-33(20-18-29)48-32-15-8-7-9-16-32/h7-9,12-20,24-27H,4-6,10-11,21-23H2,1-3H3,(H,41,45)(H,42,43,44). The van der Waals surface area contributed by atoms with Gasteiger partial charge in [0, 0.05) is 22.5 Å². The molecule has 1 heterocycles. The first kappa shape index (κ1) is 34.7. The molecule has 9 heteroatoms. The van der Waals surface area contributed by atoms with Crippen LogP contribution in [0.2, 0.25) is 0 Å². The molecule has 4 aromatic carbocycles. The number of amides is 1. The molecule has 250 valence electrons. The Balaban J connectivity index is 1.01. The quantitative estimate of drug-likeness (QED) is 0.0929. The highest BCUT2D eigenvalue weighted by Crippen LogP contribution is 2.35. The third kappa shape index (κ3) is 10.2. The van der Waals surface area contributed by atoms with Gasteiger partial charge in [0.25, 0.3) is 0 Å². The predicted octanol–water partition coefficient (Wildman–Crippen LogP) is 9.36. The van der Waals surface area contributed by atoms with Crippen LogP contribution >= 0.6 is 15.9 Å². The van der Waals surface area contributed by atoms with Crippen molar-refractivity contribution in [1.82, 2.24) is 15.3 Å². The van der Waals surface area contributed by atoms with E-state index in [1.54, 1.807) is 7.11 Å². The zero-order chi connectivity index (χ0) is 33.7. The highest BCUT2D eigenvalue weighted by Gasteiger charge is 2.15. The topological polar surface area (TPSA) is 94.6 Å². The molecule has 1 unspecified atom stereocenters. The third-order valence-corrected chi connectivity index (χ3v) is 8.46. The van der Waals surface area contributed by atoms with Crippen LogP contribution in [0.25, 0.3) is 10.9 Å². The molecule has 0 aliphatic carbocycles. The molecule has 5 aromatic rings. The fraction of sp³-hybridized carbons (Fsp3) is 0.308. The van der Waals surface area contributed by atoms with E-state index in [0.29, 0.717) is 36.9 Å². The van der Waals surface area contributed by atoms with Gasteiger partial charge >= 0.3 is 0 Å². The molecule has 0 saturated heterocycles. The van der Waals surface area contributed by atoms with E-state index in [0.717, 1.165) is 75.9 Å². The monoisotopic (exact) mass is 710 g/mol. The van der Waals surface area contributed by atoms with E-state index in [9.17, 15) is 4.79 Å². The largest absolute Gasteiger partial charge is 0.493 e. The van der Waals surface area contributed by atoms with Gasteiger partial charge in [0.1, 0.15) is 23.1 Å². The lowest BCUT2D eigenvalue weighted by Gasteiger charge is -2.18. The van der Waals surface area contributed by atoms with Gasteiger partial charge in [-0.25, -0.2) is 9.97 Å². The molecule has 0 aliphatic heterocycles. The number of ether oxygens (including phenoxy) is 3. The van der Waals surface area contributed by atoms with Crippen molar-refractivity contribution >= 4 is 38.6 Å². The molecule has 0 aliphatic rings. The van der Waals surface area contributed by atoms with Crippen molar-refractivity contribution in [1.29, 1.82) is 0 Å². The number of benzene rings is 4. The number of methoxy groups -OCH3 is 1. The van der Waals surface area contributed by atoms with E-state index in [2.05, 4.69) is 50.6 Å². The van der Waals surface area contributed by atoms with Crippen LogP contribution in [0.5, 0.6) is 23.0 Å². The molecule has 1 amide bonds. The number of hydrogen-bond acceptors (Lipinski definition) is 7. The van der Waals surface area contributed by atoms with Gasteiger partial charge in [-0.15, -0.1) is 0 Å². The summed E-state index contributed by atoms with van der Waals surface area (Å²) in [7, 11) is 1.65. The molecule has 8 nitrogen and oxygen atoms in total. The number of carbonyl (C=O) groups excluding carboxylic acids is 1. The van der Waals surface area contributed by atoms with E-state index in [1.165, 1.54) is 0 Å². The Bertz CT molecular complexity index is 1780. The highest BCUT2D eigenvalue weighted by molar-refractivity contribution is 9.10. The molecule has 1 aromatic heterocycles. The zero-order valence-corrected chi connectivity index (χ0v) is 29.4. The summed E-state index contributed by atoms with van der Waals surface area (Å²) in [6, 6.07) is 29.5. The summed E-state index contributed by atoms with van der Waals surface area (Å²) in [4.78, 5) is 21.8. The number of anilines is 1. The smallest absolute Gasteiger partial charge is 0.224 e. The Labute approximate surface area is 291 Å². The first-order valence-corrected chi connectivity index (χ1v) is 17.3. The second kappa shape index (κ2) is 17.5.